The Hall–Kier alpha value is -1.59. The third-order valence-electron chi connectivity index (χ3n) is 2.58. The molecule has 0 aromatic heterocycles. The van der Waals surface area contributed by atoms with E-state index >= 15 is 0 Å². The van der Waals surface area contributed by atoms with E-state index in [9.17, 15) is 0 Å². The molecule has 2 aliphatic rings. The normalized spacial score (nSPS) is 27.3. The summed E-state index contributed by atoms with van der Waals surface area (Å²) in [6, 6.07) is 7.89. The molecule has 13 heavy (non-hydrogen) atoms. The Balaban J connectivity index is 2.21. The molecular formula is C11H7NO. The van der Waals surface area contributed by atoms with Crippen LogP contribution in [0, 0.1) is 11.3 Å². The van der Waals surface area contributed by atoms with Crippen molar-refractivity contribution in [2.75, 3.05) is 0 Å². The van der Waals surface area contributed by atoms with Crippen molar-refractivity contribution in [3.63, 3.8) is 0 Å². The van der Waals surface area contributed by atoms with Gasteiger partial charge in [-0.25, -0.2) is 0 Å². The number of nitrogens with zero attached hydrogens (tertiary/aromatic N) is 1. The van der Waals surface area contributed by atoms with Crippen molar-refractivity contribution in [2.45, 2.75) is 12.2 Å². The quantitative estimate of drug-likeness (QED) is 0.558. The minimum Gasteiger partial charge on any atom is -0.357 e. The third kappa shape index (κ3) is 0.796. The Morgan fingerprint density at radius 2 is 1.92 bits per heavy atom. The molecule has 0 amide bonds. The van der Waals surface area contributed by atoms with Gasteiger partial charge in [0.1, 0.15) is 12.2 Å². The highest BCUT2D eigenvalue weighted by Gasteiger charge is 2.33. The van der Waals surface area contributed by atoms with E-state index in [1.807, 2.05) is 24.3 Å². The van der Waals surface area contributed by atoms with Crippen LogP contribution in [-0.4, -0.2) is 0 Å². The van der Waals surface area contributed by atoms with E-state index in [-0.39, 0.29) is 12.2 Å². The molecule has 0 aliphatic carbocycles. The predicted octanol–water partition coefficient (Wildman–Crippen LogP) is 2.24. The maximum atomic E-state index is 8.73. The summed E-state index contributed by atoms with van der Waals surface area (Å²) >= 11 is 0. The number of hydrogen-bond donors (Lipinski definition) is 0. The molecule has 2 unspecified atom stereocenters. The second-order valence-electron chi connectivity index (χ2n) is 3.32. The van der Waals surface area contributed by atoms with E-state index in [0.29, 0.717) is 5.56 Å². The third-order valence-corrected chi connectivity index (χ3v) is 2.58. The number of benzene rings is 1. The number of fused-ring (bicyclic) bond motifs is 5. The van der Waals surface area contributed by atoms with Gasteiger partial charge in [0.2, 0.25) is 0 Å². The van der Waals surface area contributed by atoms with Crippen molar-refractivity contribution in [2.24, 2.45) is 0 Å². The zero-order valence-electron chi connectivity index (χ0n) is 6.90. The van der Waals surface area contributed by atoms with E-state index < -0.39 is 0 Å². The molecule has 2 bridgehead atoms. The first-order valence-electron chi connectivity index (χ1n) is 4.26. The van der Waals surface area contributed by atoms with E-state index in [2.05, 4.69) is 12.1 Å². The highest BCUT2D eigenvalue weighted by molar-refractivity contribution is 5.47. The molecule has 2 heteroatoms. The SMILES string of the molecule is N#Cc1ccc2c(c1)C1C=CC2O1. The van der Waals surface area contributed by atoms with E-state index in [1.165, 1.54) is 5.56 Å². The first-order valence-corrected chi connectivity index (χ1v) is 4.26. The van der Waals surface area contributed by atoms with Crippen LogP contribution in [0.15, 0.2) is 30.4 Å². The molecule has 3 rings (SSSR count). The van der Waals surface area contributed by atoms with Crippen molar-refractivity contribution >= 4 is 0 Å². The number of hydrogen-bond acceptors (Lipinski definition) is 2. The zero-order valence-corrected chi connectivity index (χ0v) is 6.90. The Bertz CT molecular complexity index is 442. The molecule has 62 valence electrons. The Morgan fingerprint density at radius 1 is 1.15 bits per heavy atom. The Kier molecular flexibility index (Phi) is 1.17. The van der Waals surface area contributed by atoms with Gasteiger partial charge in [-0.1, -0.05) is 18.2 Å². The summed E-state index contributed by atoms with van der Waals surface area (Å²) in [6.07, 6.45) is 4.34. The molecule has 2 nitrogen and oxygen atoms in total. The van der Waals surface area contributed by atoms with E-state index in [4.69, 9.17) is 10.00 Å². The van der Waals surface area contributed by atoms with Crippen LogP contribution in [0.5, 0.6) is 0 Å². The van der Waals surface area contributed by atoms with Crippen LogP contribution < -0.4 is 0 Å². The summed E-state index contributed by atoms with van der Waals surface area (Å²) in [7, 11) is 0. The maximum absolute atomic E-state index is 8.73. The van der Waals surface area contributed by atoms with Crippen LogP contribution in [0.2, 0.25) is 0 Å². The number of ether oxygens (including phenoxy) is 1. The number of nitriles is 1. The summed E-state index contributed by atoms with van der Waals surface area (Å²) in [5.41, 5.74) is 3.08. The molecule has 2 heterocycles. The highest BCUT2D eigenvalue weighted by atomic mass is 16.5. The summed E-state index contributed by atoms with van der Waals surface area (Å²) in [4.78, 5) is 0. The predicted molar refractivity (Wildman–Crippen MR) is 46.9 cm³/mol. The minimum absolute atomic E-state index is 0.0910. The van der Waals surface area contributed by atoms with Gasteiger partial charge in [0.15, 0.2) is 0 Å². The van der Waals surface area contributed by atoms with Gasteiger partial charge < -0.3 is 4.74 Å². The molecule has 0 saturated heterocycles. The fourth-order valence-electron chi connectivity index (χ4n) is 1.95. The first kappa shape index (κ1) is 6.88. The minimum atomic E-state index is 0.0910. The van der Waals surface area contributed by atoms with Crippen LogP contribution >= 0.6 is 0 Å². The average Bonchev–Trinajstić information content (AvgIpc) is 2.77. The standard InChI is InChI=1S/C11H7NO/c12-6-7-1-2-8-9(5-7)11-4-3-10(8)13-11/h1-5,10-11H. The van der Waals surface area contributed by atoms with Crippen LogP contribution in [0.3, 0.4) is 0 Å². The van der Waals surface area contributed by atoms with Crippen molar-refractivity contribution in [3.05, 3.63) is 47.0 Å². The molecule has 2 aliphatic heterocycles. The second kappa shape index (κ2) is 2.21. The van der Waals surface area contributed by atoms with Crippen molar-refractivity contribution in [1.29, 1.82) is 5.26 Å². The van der Waals surface area contributed by atoms with Crippen molar-refractivity contribution in [3.8, 4) is 6.07 Å². The van der Waals surface area contributed by atoms with Crippen LogP contribution in [-0.2, 0) is 4.74 Å². The molecule has 0 fully saturated rings. The molecule has 0 N–H and O–H groups in total. The van der Waals surface area contributed by atoms with Gasteiger partial charge in [0.05, 0.1) is 11.6 Å². The lowest BCUT2D eigenvalue weighted by molar-refractivity contribution is 0.0878. The summed E-state index contributed by atoms with van der Waals surface area (Å²) in [6.45, 7) is 0. The van der Waals surface area contributed by atoms with Gasteiger partial charge in [-0.2, -0.15) is 5.26 Å². The van der Waals surface area contributed by atoms with Gasteiger partial charge in [0.25, 0.3) is 0 Å². The van der Waals surface area contributed by atoms with Crippen LogP contribution in [0.4, 0.5) is 0 Å². The monoisotopic (exact) mass is 169 g/mol. The summed E-state index contributed by atoms with van der Waals surface area (Å²) in [5, 5.41) is 8.73. The fourth-order valence-corrected chi connectivity index (χ4v) is 1.95. The van der Waals surface area contributed by atoms with E-state index in [1.54, 1.807) is 0 Å². The van der Waals surface area contributed by atoms with E-state index in [0.717, 1.165) is 5.56 Å². The molecule has 2 atom stereocenters. The first-order chi connectivity index (χ1) is 6.38. The fraction of sp³-hybridized carbons (Fsp3) is 0.182. The van der Waals surface area contributed by atoms with Crippen molar-refractivity contribution < 1.29 is 4.74 Å². The van der Waals surface area contributed by atoms with Crippen LogP contribution in [0.25, 0.3) is 0 Å². The average molecular weight is 169 g/mol. The molecule has 0 saturated carbocycles. The molecule has 0 spiro atoms. The van der Waals surface area contributed by atoms with Gasteiger partial charge >= 0.3 is 0 Å². The smallest absolute Gasteiger partial charge is 0.102 e. The highest BCUT2D eigenvalue weighted by Crippen LogP contribution is 2.45. The zero-order chi connectivity index (χ0) is 8.84. The van der Waals surface area contributed by atoms with Gasteiger partial charge in [0, 0.05) is 0 Å². The molecule has 1 aromatic rings. The molecular weight excluding hydrogens is 162 g/mol. The van der Waals surface area contributed by atoms with Gasteiger partial charge in [-0.05, 0) is 23.3 Å². The summed E-state index contributed by atoms with van der Waals surface area (Å²) in [5.74, 6) is 0. The topological polar surface area (TPSA) is 33.0 Å². The molecule has 0 radical (unpaired) electrons. The lowest BCUT2D eigenvalue weighted by atomic mass is 9.95. The van der Waals surface area contributed by atoms with Crippen LogP contribution in [0.1, 0.15) is 28.9 Å². The van der Waals surface area contributed by atoms with Gasteiger partial charge in [-0.15, -0.1) is 0 Å². The second-order valence-corrected chi connectivity index (χ2v) is 3.32. The summed E-state index contributed by atoms with van der Waals surface area (Å²) < 4.78 is 5.62. The van der Waals surface area contributed by atoms with Gasteiger partial charge in [-0.3, -0.25) is 0 Å². The largest absolute Gasteiger partial charge is 0.357 e. The molecule has 1 aromatic carbocycles. The van der Waals surface area contributed by atoms with Crippen molar-refractivity contribution in [1.82, 2.24) is 0 Å². The lowest BCUT2D eigenvalue weighted by Gasteiger charge is -2.05. The lowest BCUT2D eigenvalue weighted by Crippen LogP contribution is -1.92. The Morgan fingerprint density at radius 3 is 2.69 bits per heavy atom. The maximum Gasteiger partial charge on any atom is 0.102 e. The Labute approximate surface area is 76.1 Å². The number of rotatable bonds is 0.